The number of pyridine rings is 1. The maximum absolute atomic E-state index is 11.0. The van der Waals surface area contributed by atoms with Gasteiger partial charge in [0.2, 0.25) is 0 Å². The number of ether oxygens (including phenoxy) is 1. The van der Waals surface area contributed by atoms with Crippen molar-refractivity contribution in [2.24, 2.45) is 5.73 Å². The van der Waals surface area contributed by atoms with Crippen molar-refractivity contribution in [3.05, 3.63) is 66.5 Å². The Kier molecular flexibility index (Phi) is 5.86. The van der Waals surface area contributed by atoms with Crippen LogP contribution in [0.3, 0.4) is 0 Å². The lowest BCUT2D eigenvalue weighted by molar-refractivity contribution is 0.415. The predicted molar refractivity (Wildman–Crippen MR) is 92.4 cm³/mol. The summed E-state index contributed by atoms with van der Waals surface area (Å²) in [6, 6.07) is 15.4. The summed E-state index contributed by atoms with van der Waals surface area (Å²) in [6.07, 6.45) is 1.74. The number of nitrogens with zero attached hydrogens (tertiary/aromatic N) is 1. The highest BCUT2D eigenvalue weighted by molar-refractivity contribution is 7.85. The molecule has 2 aromatic carbocycles. The third kappa shape index (κ3) is 4.76. The van der Waals surface area contributed by atoms with Crippen molar-refractivity contribution < 1.29 is 17.7 Å². The van der Waals surface area contributed by atoms with Crippen LogP contribution in [-0.2, 0) is 16.7 Å². The highest BCUT2D eigenvalue weighted by Gasteiger charge is 2.09. The normalized spacial score (nSPS) is 10.8. The van der Waals surface area contributed by atoms with Crippen molar-refractivity contribution in [2.45, 2.75) is 11.4 Å². The molecule has 7 heteroatoms. The molecular formula is C17H18N2O4S. The number of nitrogens with two attached hydrogens (primary N) is 1. The van der Waals surface area contributed by atoms with Gasteiger partial charge in [-0.25, -0.2) is 0 Å². The van der Waals surface area contributed by atoms with E-state index in [4.69, 9.17) is 15.0 Å². The van der Waals surface area contributed by atoms with Gasteiger partial charge in [0.15, 0.2) is 0 Å². The minimum Gasteiger partial charge on any atom is -0.497 e. The Hall–Kier alpha value is -2.48. The molecule has 0 radical (unpaired) electrons. The molecule has 24 heavy (non-hydrogen) atoms. The summed E-state index contributed by atoms with van der Waals surface area (Å²) in [4.78, 5) is 3.85. The highest BCUT2D eigenvalue weighted by atomic mass is 32.2. The van der Waals surface area contributed by atoms with Crippen molar-refractivity contribution in [3.63, 3.8) is 0 Å². The number of methoxy groups -OCH3 is 1. The van der Waals surface area contributed by atoms with Gasteiger partial charge < -0.3 is 10.5 Å². The summed E-state index contributed by atoms with van der Waals surface area (Å²) in [5.74, 6) is 0.639. The fourth-order valence-corrected chi connectivity index (χ4v) is 2.53. The van der Waals surface area contributed by atoms with Crippen molar-refractivity contribution in [1.82, 2.24) is 4.98 Å². The number of hydrogen-bond acceptors (Lipinski definition) is 5. The standard InChI is InChI=1S/C11H10O4S.C6H8N2/c1-15-10-4-2-8-3-5-11(16(12,13)14)7-9(8)6-10;7-5-6-3-1-2-4-8-6/h2-7H,1H3,(H,12,13,14);1-4H,5,7H2. The molecule has 0 saturated heterocycles. The lowest BCUT2D eigenvalue weighted by atomic mass is 10.1. The average Bonchev–Trinajstić information content (AvgIpc) is 2.61. The quantitative estimate of drug-likeness (QED) is 0.707. The SMILES string of the molecule is COc1ccc2ccc(S(=O)(=O)O)cc2c1.NCc1ccccn1. The lowest BCUT2D eigenvalue weighted by Crippen LogP contribution is -1.97. The van der Waals surface area contributed by atoms with Crippen LogP contribution >= 0.6 is 0 Å². The van der Waals surface area contributed by atoms with Gasteiger partial charge in [-0.2, -0.15) is 8.42 Å². The maximum Gasteiger partial charge on any atom is 0.294 e. The lowest BCUT2D eigenvalue weighted by Gasteiger charge is -2.03. The van der Waals surface area contributed by atoms with Crippen LogP contribution in [0.15, 0.2) is 65.7 Å². The maximum atomic E-state index is 11.0. The molecular weight excluding hydrogens is 328 g/mol. The molecule has 1 aromatic heterocycles. The Bertz CT molecular complexity index is 912. The van der Waals surface area contributed by atoms with E-state index < -0.39 is 10.1 Å². The summed E-state index contributed by atoms with van der Waals surface area (Å²) in [5, 5.41) is 1.59. The first-order chi connectivity index (χ1) is 11.4. The van der Waals surface area contributed by atoms with Crippen LogP contribution in [0.4, 0.5) is 0 Å². The fraction of sp³-hybridized carbons (Fsp3) is 0.118. The zero-order chi connectivity index (χ0) is 17.6. The summed E-state index contributed by atoms with van der Waals surface area (Å²) in [5.41, 5.74) is 6.22. The average molecular weight is 346 g/mol. The molecule has 0 unspecified atom stereocenters. The van der Waals surface area contributed by atoms with Gasteiger partial charge in [-0.1, -0.05) is 18.2 Å². The molecule has 6 nitrogen and oxygen atoms in total. The van der Waals surface area contributed by atoms with Crippen LogP contribution in [0.5, 0.6) is 5.75 Å². The van der Waals surface area contributed by atoms with E-state index in [2.05, 4.69) is 4.98 Å². The van der Waals surface area contributed by atoms with Crippen molar-refractivity contribution in [3.8, 4) is 5.75 Å². The van der Waals surface area contributed by atoms with Gasteiger partial charge in [0.05, 0.1) is 17.7 Å². The second-order valence-corrected chi connectivity index (χ2v) is 6.30. The molecule has 3 rings (SSSR count). The van der Waals surface area contributed by atoms with Gasteiger partial charge in [0.1, 0.15) is 5.75 Å². The zero-order valence-corrected chi connectivity index (χ0v) is 13.9. The van der Waals surface area contributed by atoms with Gasteiger partial charge in [-0.15, -0.1) is 0 Å². The van der Waals surface area contributed by atoms with Crippen LogP contribution < -0.4 is 10.5 Å². The Morgan fingerprint density at radius 2 is 1.83 bits per heavy atom. The number of hydrogen-bond donors (Lipinski definition) is 2. The first-order valence-electron chi connectivity index (χ1n) is 7.09. The molecule has 0 fully saturated rings. The number of rotatable bonds is 3. The smallest absolute Gasteiger partial charge is 0.294 e. The van der Waals surface area contributed by atoms with E-state index in [0.29, 0.717) is 17.7 Å². The third-order valence-corrected chi connectivity index (χ3v) is 4.10. The molecule has 0 bridgehead atoms. The van der Waals surface area contributed by atoms with Gasteiger partial charge in [-0.3, -0.25) is 9.54 Å². The fourth-order valence-electron chi connectivity index (χ4n) is 2.01. The minimum atomic E-state index is -4.15. The van der Waals surface area contributed by atoms with E-state index in [1.165, 1.54) is 19.2 Å². The van der Waals surface area contributed by atoms with Gasteiger partial charge in [0, 0.05) is 12.7 Å². The molecule has 126 valence electrons. The van der Waals surface area contributed by atoms with Crippen LogP contribution in [0.1, 0.15) is 5.69 Å². The van der Waals surface area contributed by atoms with Gasteiger partial charge in [0.25, 0.3) is 10.1 Å². The summed E-state index contributed by atoms with van der Waals surface area (Å²) in [7, 11) is -2.62. The first kappa shape index (κ1) is 17.9. The molecule has 0 aliphatic rings. The van der Waals surface area contributed by atoms with Gasteiger partial charge >= 0.3 is 0 Å². The van der Waals surface area contributed by atoms with Crippen molar-refractivity contribution >= 4 is 20.9 Å². The molecule has 0 atom stereocenters. The Morgan fingerprint density at radius 1 is 1.08 bits per heavy atom. The molecule has 0 amide bonds. The minimum absolute atomic E-state index is 0.117. The first-order valence-corrected chi connectivity index (χ1v) is 8.53. The van der Waals surface area contributed by atoms with Crippen LogP contribution in [-0.4, -0.2) is 25.1 Å². The summed E-state index contributed by atoms with van der Waals surface area (Å²) < 4.78 is 35.9. The van der Waals surface area contributed by atoms with E-state index >= 15 is 0 Å². The molecule has 3 N–H and O–H groups in total. The van der Waals surface area contributed by atoms with Crippen LogP contribution in [0, 0.1) is 0 Å². The van der Waals surface area contributed by atoms with Gasteiger partial charge in [-0.05, 0) is 47.2 Å². The molecule has 0 saturated carbocycles. The Morgan fingerprint density at radius 3 is 2.38 bits per heavy atom. The monoisotopic (exact) mass is 346 g/mol. The molecule has 0 aliphatic heterocycles. The molecule has 0 spiro atoms. The van der Waals surface area contributed by atoms with Crippen molar-refractivity contribution in [2.75, 3.05) is 7.11 Å². The predicted octanol–water partition coefficient (Wildman–Crippen LogP) is 2.64. The summed E-state index contributed by atoms with van der Waals surface area (Å²) >= 11 is 0. The van der Waals surface area contributed by atoms with Crippen molar-refractivity contribution in [1.29, 1.82) is 0 Å². The Balaban J connectivity index is 0.000000219. The zero-order valence-electron chi connectivity index (χ0n) is 13.1. The second kappa shape index (κ2) is 7.87. The third-order valence-electron chi connectivity index (χ3n) is 3.25. The number of fused-ring (bicyclic) bond motifs is 1. The second-order valence-electron chi connectivity index (χ2n) is 4.88. The van der Waals surface area contributed by atoms with E-state index in [9.17, 15) is 8.42 Å². The molecule has 0 aliphatic carbocycles. The van der Waals surface area contributed by atoms with Crippen LogP contribution in [0.2, 0.25) is 0 Å². The van der Waals surface area contributed by atoms with E-state index in [1.54, 1.807) is 24.4 Å². The van der Waals surface area contributed by atoms with E-state index in [0.717, 1.165) is 11.1 Å². The highest BCUT2D eigenvalue weighted by Crippen LogP contribution is 2.23. The number of aromatic nitrogens is 1. The Labute approximate surface area is 140 Å². The molecule has 1 heterocycles. The van der Waals surface area contributed by atoms with E-state index in [1.807, 2.05) is 24.3 Å². The molecule has 3 aromatic rings. The topological polar surface area (TPSA) is 103 Å². The summed E-state index contributed by atoms with van der Waals surface area (Å²) in [6.45, 7) is 0.529. The van der Waals surface area contributed by atoms with E-state index in [-0.39, 0.29) is 4.90 Å². The number of benzene rings is 2. The largest absolute Gasteiger partial charge is 0.497 e. The van der Waals surface area contributed by atoms with Crippen LogP contribution in [0.25, 0.3) is 10.8 Å².